The maximum Gasteiger partial charge on any atom is 0.326 e. The van der Waals surface area contributed by atoms with Crippen LogP contribution in [0, 0.1) is 12.7 Å². The van der Waals surface area contributed by atoms with Gasteiger partial charge in [-0.15, -0.1) is 6.58 Å². The Balaban J connectivity index is 2.89. The van der Waals surface area contributed by atoms with Gasteiger partial charge in [0.2, 0.25) is 0 Å². The lowest BCUT2D eigenvalue weighted by molar-refractivity contribution is -0.137. The van der Waals surface area contributed by atoms with Gasteiger partial charge in [0.25, 0.3) is 0 Å². The minimum atomic E-state index is -1.09. The average Bonchev–Trinajstić information content (AvgIpc) is 2.23. The van der Waals surface area contributed by atoms with Crippen LogP contribution in [0.25, 0.3) is 0 Å². The van der Waals surface area contributed by atoms with Gasteiger partial charge in [0, 0.05) is 0 Å². The molecule has 0 amide bonds. The lowest BCUT2D eigenvalue weighted by atomic mass is 10.2. The van der Waals surface area contributed by atoms with E-state index >= 15 is 0 Å². The molecule has 1 aromatic rings. The van der Waals surface area contributed by atoms with Crippen molar-refractivity contribution in [2.24, 2.45) is 0 Å². The molecule has 1 aromatic heterocycles. The van der Waals surface area contributed by atoms with Gasteiger partial charge >= 0.3 is 5.97 Å². The van der Waals surface area contributed by atoms with Gasteiger partial charge in [0.15, 0.2) is 11.6 Å². The Kier molecular flexibility index (Phi) is 3.93. The highest BCUT2D eigenvalue weighted by atomic mass is 19.1. The maximum atomic E-state index is 13.5. The van der Waals surface area contributed by atoms with Crippen LogP contribution in [0.1, 0.15) is 12.1 Å². The highest BCUT2D eigenvalue weighted by molar-refractivity contribution is 5.77. The Morgan fingerprint density at radius 1 is 1.75 bits per heavy atom. The number of hydrogen-bond donors (Lipinski definition) is 2. The monoisotopic (exact) mass is 225 g/mol. The molecule has 1 heterocycles. The van der Waals surface area contributed by atoms with Crippen molar-refractivity contribution in [3.05, 3.63) is 30.5 Å². The van der Waals surface area contributed by atoms with Gasteiger partial charge in [-0.1, -0.05) is 6.08 Å². The highest BCUT2D eigenvalue weighted by Crippen LogP contribution is 2.13. The summed E-state index contributed by atoms with van der Waals surface area (Å²) < 4.78 is 13.5. The van der Waals surface area contributed by atoms with Crippen LogP contribution in [-0.4, -0.2) is 27.1 Å². The van der Waals surface area contributed by atoms with Crippen molar-refractivity contribution >= 4 is 11.8 Å². The van der Waals surface area contributed by atoms with Crippen LogP contribution in [-0.2, 0) is 4.79 Å². The van der Waals surface area contributed by atoms with E-state index in [1.54, 1.807) is 0 Å². The van der Waals surface area contributed by atoms with Crippen molar-refractivity contribution < 1.29 is 14.3 Å². The number of anilines is 1. The molecule has 0 aromatic carbocycles. The molecule has 0 radical (unpaired) electrons. The normalized spacial score (nSPS) is 11.9. The van der Waals surface area contributed by atoms with Crippen molar-refractivity contribution in [1.82, 2.24) is 9.97 Å². The molecular weight excluding hydrogens is 213 g/mol. The number of halogens is 1. The van der Waals surface area contributed by atoms with E-state index in [1.165, 1.54) is 19.3 Å². The topological polar surface area (TPSA) is 75.1 Å². The Hall–Kier alpha value is -1.98. The zero-order chi connectivity index (χ0) is 12.1. The summed E-state index contributed by atoms with van der Waals surface area (Å²) in [6.07, 6.45) is 2.79. The predicted molar refractivity (Wildman–Crippen MR) is 56.6 cm³/mol. The summed E-state index contributed by atoms with van der Waals surface area (Å²) in [4.78, 5) is 18.1. The van der Waals surface area contributed by atoms with E-state index in [4.69, 9.17) is 5.11 Å². The van der Waals surface area contributed by atoms with Gasteiger partial charge in [-0.2, -0.15) is 0 Å². The van der Waals surface area contributed by atoms with E-state index in [0.29, 0.717) is 0 Å². The van der Waals surface area contributed by atoms with Crippen LogP contribution in [0.5, 0.6) is 0 Å². The quantitative estimate of drug-likeness (QED) is 0.740. The number of carboxylic acid groups (broad SMARTS) is 1. The van der Waals surface area contributed by atoms with E-state index in [1.807, 2.05) is 0 Å². The van der Waals surface area contributed by atoms with Crippen molar-refractivity contribution in [2.45, 2.75) is 19.4 Å². The van der Waals surface area contributed by atoms with Gasteiger partial charge in [0.05, 0.1) is 5.69 Å². The SMILES string of the molecule is C=CCC(Nc1ncnc(C)c1F)C(=O)O. The standard InChI is InChI=1S/C10H12FN3O2/c1-3-4-7(10(15)16)14-9-8(11)6(2)12-5-13-9/h3,5,7H,1,4H2,2H3,(H,15,16)(H,12,13,14). The zero-order valence-corrected chi connectivity index (χ0v) is 8.77. The van der Waals surface area contributed by atoms with Crippen molar-refractivity contribution in [3.63, 3.8) is 0 Å². The fourth-order valence-corrected chi connectivity index (χ4v) is 1.11. The number of aromatic nitrogens is 2. The zero-order valence-electron chi connectivity index (χ0n) is 8.77. The molecule has 0 aliphatic heterocycles. The van der Waals surface area contributed by atoms with E-state index in [0.717, 1.165) is 0 Å². The molecule has 0 fully saturated rings. The second kappa shape index (κ2) is 5.20. The van der Waals surface area contributed by atoms with Crippen LogP contribution < -0.4 is 5.32 Å². The minimum Gasteiger partial charge on any atom is -0.480 e. The minimum absolute atomic E-state index is 0.109. The first-order valence-corrected chi connectivity index (χ1v) is 4.63. The number of nitrogens with one attached hydrogen (secondary N) is 1. The molecule has 0 spiro atoms. The van der Waals surface area contributed by atoms with Gasteiger partial charge < -0.3 is 10.4 Å². The lowest BCUT2D eigenvalue weighted by Crippen LogP contribution is -2.29. The van der Waals surface area contributed by atoms with Crippen LogP contribution in [0.4, 0.5) is 10.2 Å². The second-order valence-corrected chi connectivity index (χ2v) is 3.18. The van der Waals surface area contributed by atoms with Crippen LogP contribution in [0.2, 0.25) is 0 Å². The summed E-state index contributed by atoms with van der Waals surface area (Å²) in [6, 6.07) is -0.943. The molecule has 86 valence electrons. The fourth-order valence-electron chi connectivity index (χ4n) is 1.11. The summed E-state index contributed by atoms with van der Waals surface area (Å²) in [5.74, 6) is -1.84. The maximum absolute atomic E-state index is 13.5. The van der Waals surface area contributed by atoms with Crippen molar-refractivity contribution in [3.8, 4) is 0 Å². The summed E-state index contributed by atoms with van der Waals surface area (Å²) in [5.41, 5.74) is 0.167. The van der Waals surface area contributed by atoms with Crippen LogP contribution >= 0.6 is 0 Å². The van der Waals surface area contributed by atoms with Gasteiger partial charge in [-0.3, -0.25) is 0 Å². The number of hydrogen-bond acceptors (Lipinski definition) is 4. The first kappa shape index (κ1) is 12.1. The Labute approximate surface area is 92.0 Å². The summed E-state index contributed by atoms with van der Waals surface area (Å²) in [5, 5.41) is 11.3. The highest BCUT2D eigenvalue weighted by Gasteiger charge is 2.18. The van der Waals surface area contributed by atoms with Crippen molar-refractivity contribution in [2.75, 3.05) is 5.32 Å². The third-order valence-electron chi connectivity index (χ3n) is 1.98. The average molecular weight is 225 g/mol. The molecule has 1 unspecified atom stereocenters. The van der Waals surface area contributed by atoms with Crippen LogP contribution in [0.15, 0.2) is 19.0 Å². The number of carbonyl (C=O) groups is 1. The summed E-state index contributed by atoms with van der Waals surface area (Å²) in [6.45, 7) is 4.91. The van der Waals surface area contributed by atoms with Gasteiger partial charge in [0.1, 0.15) is 12.4 Å². The Morgan fingerprint density at radius 2 is 2.44 bits per heavy atom. The smallest absolute Gasteiger partial charge is 0.326 e. The first-order chi connectivity index (χ1) is 7.56. The van der Waals surface area contributed by atoms with E-state index in [-0.39, 0.29) is 17.9 Å². The summed E-state index contributed by atoms with van der Waals surface area (Å²) in [7, 11) is 0. The molecule has 0 aliphatic carbocycles. The molecule has 5 nitrogen and oxygen atoms in total. The first-order valence-electron chi connectivity index (χ1n) is 4.63. The third-order valence-corrected chi connectivity index (χ3v) is 1.98. The summed E-state index contributed by atoms with van der Waals surface area (Å²) >= 11 is 0. The molecule has 0 bridgehead atoms. The molecule has 6 heteroatoms. The van der Waals surface area contributed by atoms with E-state index in [9.17, 15) is 9.18 Å². The molecule has 2 N–H and O–H groups in total. The second-order valence-electron chi connectivity index (χ2n) is 3.18. The van der Waals surface area contributed by atoms with Crippen LogP contribution in [0.3, 0.4) is 0 Å². The number of rotatable bonds is 5. The fraction of sp³-hybridized carbons (Fsp3) is 0.300. The molecule has 0 saturated heterocycles. The number of aliphatic carboxylic acids is 1. The van der Waals surface area contributed by atoms with Gasteiger partial charge in [-0.25, -0.2) is 19.2 Å². The lowest BCUT2D eigenvalue weighted by Gasteiger charge is -2.13. The Morgan fingerprint density at radius 3 is 3.00 bits per heavy atom. The molecular formula is C10H12FN3O2. The molecule has 1 atom stereocenters. The molecule has 16 heavy (non-hydrogen) atoms. The third kappa shape index (κ3) is 2.75. The van der Waals surface area contributed by atoms with Crippen molar-refractivity contribution in [1.29, 1.82) is 0 Å². The van der Waals surface area contributed by atoms with E-state index < -0.39 is 17.8 Å². The van der Waals surface area contributed by atoms with E-state index in [2.05, 4.69) is 21.9 Å². The predicted octanol–water partition coefficient (Wildman–Crippen LogP) is 1.37. The Bertz CT molecular complexity index is 409. The number of aryl methyl sites for hydroxylation is 1. The number of carboxylic acids is 1. The van der Waals surface area contributed by atoms with Gasteiger partial charge in [-0.05, 0) is 13.3 Å². The molecule has 0 aliphatic rings. The number of nitrogens with zero attached hydrogens (tertiary/aromatic N) is 2. The largest absolute Gasteiger partial charge is 0.480 e. The molecule has 1 rings (SSSR count). The molecule has 0 saturated carbocycles.